The number of amides is 1. The first kappa shape index (κ1) is 14.4. The van der Waals surface area contributed by atoms with E-state index in [-0.39, 0.29) is 5.91 Å². The van der Waals surface area contributed by atoms with Crippen molar-refractivity contribution in [2.45, 2.75) is 33.3 Å². The van der Waals surface area contributed by atoms with E-state index in [1.54, 1.807) is 4.90 Å². The molecular formula is C11H24N2O2. The summed E-state index contributed by atoms with van der Waals surface area (Å²) in [5.41, 5.74) is 0. The molecule has 1 amide bonds. The normalized spacial score (nSPS) is 19.9. The van der Waals surface area contributed by atoms with Gasteiger partial charge in [0.15, 0.2) is 0 Å². The summed E-state index contributed by atoms with van der Waals surface area (Å²) in [6, 6.07) is 0. The number of hydrogen-bond acceptors (Lipinski definition) is 3. The van der Waals surface area contributed by atoms with Crippen LogP contribution >= 0.6 is 0 Å². The van der Waals surface area contributed by atoms with E-state index in [0.29, 0.717) is 0 Å². The van der Waals surface area contributed by atoms with Crippen molar-refractivity contribution >= 4 is 5.91 Å². The molecule has 1 aliphatic heterocycles. The van der Waals surface area contributed by atoms with E-state index in [0.717, 1.165) is 32.6 Å². The second-order valence-electron chi connectivity index (χ2n) is 3.66. The molecule has 1 aliphatic rings. The Balaban J connectivity index is 0.000000921. The molecule has 1 N–H and O–H groups in total. The highest BCUT2D eigenvalue weighted by molar-refractivity contribution is 5.80. The van der Waals surface area contributed by atoms with Gasteiger partial charge in [0.1, 0.15) is 6.10 Å². The molecule has 1 rings (SSSR count). The molecule has 4 nitrogen and oxygen atoms in total. The minimum absolute atomic E-state index is 0.143. The molecule has 1 saturated heterocycles. The fourth-order valence-electron chi connectivity index (χ4n) is 1.53. The van der Waals surface area contributed by atoms with Crippen LogP contribution in [0.1, 0.15) is 27.2 Å². The Morgan fingerprint density at radius 3 is 2.33 bits per heavy atom. The van der Waals surface area contributed by atoms with Crippen LogP contribution in [0.5, 0.6) is 0 Å². The van der Waals surface area contributed by atoms with Crippen LogP contribution in [-0.2, 0) is 4.79 Å². The lowest BCUT2D eigenvalue weighted by atomic mass is 10.3. The predicted molar refractivity (Wildman–Crippen MR) is 61.7 cm³/mol. The minimum atomic E-state index is -0.858. The molecule has 90 valence electrons. The second kappa shape index (κ2) is 7.65. The van der Waals surface area contributed by atoms with Gasteiger partial charge in [-0.05, 0) is 26.9 Å². The molecule has 15 heavy (non-hydrogen) atoms. The van der Waals surface area contributed by atoms with Crippen molar-refractivity contribution in [3.8, 4) is 0 Å². The van der Waals surface area contributed by atoms with Gasteiger partial charge in [-0.3, -0.25) is 4.79 Å². The lowest BCUT2D eigenvalue weighted by Crippen LogP contribution is -2.39. The maximum atomic E-state index is 11.4. The number of aliphatic hydroxyl groups excluding tert-OH is 1. The Labute approximate surface area is 92.9 Å². The van der Waals surface area contributed by atoms with Crippen LogP contribution in [0, 0.1) is 0 Å². The Kier molecular flexibility index (Phi) is 7.34. The summed E-state index contributed by atoms with van der Waals surface area (Å²) in [4.78, 5) is 15.4. The molecule has 1 unspecified atom stereocenters. The SMILES string of the molecule is CC.CC(O)C(=O)N1CCCN(C)CC1. The van der Waals surface area contributed by atoms with Gasteiger partial charge in [-0.25, -0.2) is 0 Å². The van der Waals surface area contributed by atoms with Crippen LogP contribution < -0.4 is 0 Å². The van der Waals surface area contributed by atoms with Gasteiger partial charge in [0.25, 0.3) is 5.91 Å². The van der Waals surface area contributed by atoms with Gasteiger partial charge in [0.05, 0.1) is 0 Å². The van der Waals surface area contributed by atoms with E-state index in [9.17, 15) is 4.79 Å². The number of nitrogens with zero attached hydrogens (tertiary/aromatic N) is 2. The van der Waals surface area contributed by atoms with Crippen LogP contribution in [0.2, 0.25) is 0 Å². The molecule has 0 aromatic rings. The van der Waals surface area contributed by atoms with Crippen molar-refractivity contribution in [1.29, 1.82) is 0 Å². The Morgan fingerprint density at radius 2 is 1.80 bits per heavy atom. The van der Waals surface area contributed by atoms with Gasteiger partial charge < -0.3 is 14.9 Å². The van der Waals surface area contributed by atoms with Crippen molar-refractivity contribution < 1.29 is 9.90 Å². The van der Waals surface area contributed by atoms with E-state index in [4.69, 9.17) is 5.11 Å². The molecule has 0 aliphatic carbocycles. The zero-order valence-corrected chi connectivity index (χ0v) is 10.4. The monoisotopic (exact) mass is 216 g/mol. The van der Waals surface area contributed by atoms with Crippen LogP contribution in [0.4, 0.5) is 0 Å². The Hall–Kier alpha value is -0.610. The highest BCUT2D eigenvalue weighted by Crippen LogP contribution is 2.03. The van der Waals surface area contributed by atoms with E-state index in [1.165, 1.54) is 6.92 Å². The van der Waals surface area contributed by atoms with Gasteiger partial charge in [-0.2, -0.15) is 0 Å². The molecule has 1 atom stereocenters. The quantitative estimate of drug-likeness (QED) is 0.696. The van der Waals surface area contributed by atoms with Crippen LogP contribution in [0.15, 0.2) is 0 Å². The molecule has 0 aromatic heterocycles. The predicted octanol–water partition coefficient (Wildman–Crippen LogP) is 0.558. The zero-order chi connectivity index (χ0) is 11.8. The maximum absolute atomic E-state index is 11.4. The Bertz CT molecular complexity index is 183. The molecule has 0 aromatic carbocycles. The third kappa shape index (κ3) is 5.14. The van der Waals surface area contributed by atoms with E-state index < -0.39 is 6.10 Å². The number of rotatable bonds is 1. The molecule has 0 saturated carbocycles. The number of hydrogen-bond donors (Lipinski definition) is 1. The maximum Gasteiger partial charge on any atom is 0.251 e. The summed E-state index contributed by atoms with van der Waals surface area (Å²) in [5.74, 6) is -0.143. The lowest BCUT2D eigenvalue weighted by Gasteiger charge is -2.21. The molecular weight excluding hydrogens is 192 g/mol. The van der Waals surface area contributed by atoms with Crippen molar-refractivity contribution in [3.63, 3.8) is 0 Å². The van der Waals surface area contributed by atoms with Crippen molar-refractivity contribution in [2.24, 2.45) is 0 Å². The van der Waals surface area contributed by atoms with E-state index in [2.05, 4.69) is 11.9 Å². The average Bonchev–Trinajstić information content (AvgIpc) is 2.45. The molecule has 4 heteroatoms. The summed E-state index contributed by atoms with van der Waals surface area (Å²) in [6.07, 6.45) is 0.137. The summed E-state index contributed by atoms with van der Waals surface area (Å²) in [5, 5.41) is 9.13. The average molecular weight is 216 g/mol. The fourth-order valence-corrected chi connectivity index (χ4v) is 1.53. The first-order valence-electron chi connectivity index (χ1n) is 5.76. The number of carbonyl (C=O) groups excluding carboxylic acids is 1. The number of likely N-dealkylation sites (N-methyl/N-ethyl adjacent to an activating group) is 1. The third-order valence-corrected chi connectivity index (χ3v) is 2.39. The van der Waals surface area contributed by atoms with Crippen LogP contribution in [0.3, 0.4) is 0 Å². The highest BCUT2D eigenvalue weighted by atomic mass is 16.3. The van der Waals surface area contributed by atoms with Crippen molar-refractivity contribution in [3.05, 3.63) is 0 Å². The Morgan fingerprint density at radius 1 is 1.20 bits per heavy atom. The summed E-state index contributed by atoms with van der Waals surface area (Å²) >= 11 is 0. The third-order valence-electron chi connectivity index (χ3n) is 2.39. The molecule has 0 spiro atoms. The van der Waals surface area contributed by atoms with Crippen LogP contribution in [-0.4, -0.2) is 60.1 Å². The summed E-state index contributed by atoms with van der Waals surface area (Å²) < 4.78 is 0. The van der Waals surface area contributed by atoms with Gasteiger partial charge >= 0.3 is 0 Å². The molecule has 1 heterocycles. The van der Waals surface area contributed by atoms with Crippen molar-refractivity contribution in [2.75, 3.05) is 33.2 Å². The van der Waals surface area contributed by atoms with E-state index >= 15 is 0 Å². The number of carbonyl (C=O) groups is 1. The number of aliphatic hydroxyl groups is 1. The van der Waals surface area contributed by atoms with Crippen LogP contribution in [0.25, 0.3) is 0 Å². The molecule has 0 bridgehead atoms. The first-order valence-corrected chi connectivity index (χ1v) is 5.76. The van der Waals surface area contributed by atoms with Gasteiger partial charge in [-0.15, -0.1) is 0 Å². The van der Waals surface area contributed by atoms with Crippen molar-refractivity contribution in [1.82, 2.24) is 9.80 Å². The standard InChI is InChI=1S/C9H18N2O2.C2H6/c1-8(12)9(13)11-5-3-4-10(2)6-7-11;1-2/h8,12H,3-7H2,1-2H3;1-2H3. The van der Waals surface area contributed by atoms with Gasteiger partial charge in [0.2, 0.25) is 0 Å². The van der Waals surface area contributed by atoms with Gasteiger partial charge in [0, 0.05) is 19.6 Å². The highest BCUT2D eigenvalue weighted by Gasteiger charge is 2.20. The first-order chi connectivity index (χ1) is 7.11. The smallest absolute Gasteiger partial charge is 0.251 e. The fraction of sp³-hybridized carbons (Fsp3) is 0.909. The van der Waals surface area contributed by atoms with Gasteiger partial charge in [-0.1, -0.05) is 13.8 Å². The second-order valence-corrected chi connectivity index (χ2v) is 3.66. The largest absolute Gasteiger partial charge is 0.384 e. The topological polar surface area (TPSA) is 43.8 Å². The lowest BCUT2D eigenvalue weighted by molar-refractivity contribution is -0.139. The summed E-state index contributed by atoms with van der Waals surface area (Å²) in [6.45, 7) is 8.97. The zero-order valence-electron chi connectivity index (χ0n) is 10.4. The summed E-state index contributed by atoms with van der Waals surface area (Å²) in [7, 11) is 2.05. The minimum Gasteiger partial charge on any atom is -0.384 e. The molecule has 0 radical (unpaired) electrons. The van der Waals surface area contributed by atoms with E-state index in [1.807, 2.05) is 13.8 Å². The molecule has 1 fully saturated rings.